The molecule has 0 aliphatic heterocycles. The third-order valence-electron chi connectivity index (χ3n) is 11.4. The highest BCUT2D eigenvalue weighted by Crippen LogP contribution is 2.38. The van der Waals surface area contributed by atoms with Crippen molar-refractivity contribution in [1.82, 2.24) is 0 Å². The van der Waals surface area contributed by atoms with E-state index < -0.39 is 19.9 Å². The van der Waals surface area contributed by atoms with E-state index in [9.17, 15) is 14.3 Å². The molecule has 0 amide bonds. The molecule has 0 aliphatic rings. The van der Waals surface area contributed by atoms with Crippen LogP contribution in [0.2, 0.25) is 0 Å². The normalized spacial score (nSPS) is 14.2. The van der Waals surface area contributed by atoms with Crippen molar-refractivity contribution in [3.05, 3.63) is 85.1 Å². The summed E-state index contributed by atoms with van der Waals surface area (Å²) in [7, 11) is 1.30. The Labute approximate surface area is 414 Å². The van der Waals surface area contributed by atoms with Crippen LogP contribution in [0.5, 0.6) is 0 Å². The van der Waals surface area contributed by atoms with Gasteiger partial charge >= 0.3 is 5.97 Å². The largest absolute Gasteiger partial charge is 0.756 e. The number of phosphoric acid groups is 1. The van der Waals surface area contributed by atoms with Gasteiger partial charge in [0.25, 0.3) is 7.82 Å². The fourth-order valence-electron chi connectivity index (χ4n) is 7.27. The third-order valence-corrected chi connectivity index (χ3v) is 12.4. The molecule has 0 saturated carbocycles. The maximum atomic E-state index is 12.7. The van der Waals surface area contributed by atoms with Gasteiger partial charge in [-0.1, -0.05) is 221 Å². The Morgan fingerprint density at radius 1 is 0.478 bits per heavy atom. The Hall–Kier alpha value is -2.32. The van der Waals surface area contributed by atoms with Crippen molar-refractivity contribution in [2.24, 2.45) is 0 Å². The highest BCUT2D eigenvalue weighted by Gasteiger charge is 2.20. The van der Waals surface area contributed by atoms with E-state index in [1.807, 2.05) is 33.3 Å². The van der Waals surface area contributed by atoms with Crippen LogP contribution in [0.3, 0.4) is 0 Å². The first kappa shape index (κ1) is 64.7. The number of unbranched alkanes of at least 4 members (excludes halogenated alkanes) is 22. The number of carbonyl (C=O) groups is 1. The lowest BCUT2D eigenvalue weighted by molar-refractivity contribution is -0.870. The Morgan fingerprint density at radius 2 is 0.866 bits per heavy atom. The van der Waals surface area contributed by atoms with E-state index in [0.29, 0.717) is 24.1 Å². The number of esters is 1. The first-order valence-corrected chi connectivity index (χ1v) is 28.8. The average Bonchev–Trinajstić information content (AvgIpc) is 3.29. The first-order valence-electron chi connectivity index (χ1n) is 27.3. The highest BCUT2D eigenvalue weighted by atomic mass is 31.2. The standard InChI is InChI=1S/C58H104NO7P/c1-6-8-10-12-14-16-18-20-22-24-26-27-28-29-30-31-32-34-36-38-40-42-44-46-48-50-53-63-55-57(56-65-67(61,62)64-54-52-59(3,4)5)66-58(60)51-49-47-45-43-41-39-37-35-33-25-23-21-19-17-15-13-11-9-7-2/h9,11,15,17,21,23-24,26,33,35,39,41,45,47,57H,6-8,10,12-14,16,18-20,22,25,27-32,34,36-38,40,42-44,46,48-56H2,1-5H3/b11-9-,17-15-,23-21-,26-24-,35-33-,41-39-,47-45-. The first-order chi connectivity index (χ1) is 32.6. The van der Waals surface area contributed by atoms with Crippen LogP contribution < -0.4 is 4.89 Å². The third kappa shape index (κ3) is 54.5. The summed E-state index contributed by atoms with van der Waals surface area (Å²) in [5, 5.41) is 0. The van der Waals surface area contributed by atoms with Crippen molar-refractivity contribution in [3.63, 3.8) is 0 Å². The molecule has 0 rings (SSSR count). The Morgan fingerprint density at radius 3 is 1.30 bits per heavy atom. The van der Waals surface area contributed by atoms with Crippen LogP contribution in [0, 0.1) is 0 Å². The average molecular weight is 958 g/mol. The van der Waals surface area contributed by atoms with Gasteiger partial charge in [-0.25, -0.2) is 0 Å². The minimum absolute atomic E-state index is 0.00917. The van der Waals surface area contributed by atoms with Gasteiger partial charge in [0.2, 0.25) is 0 Å². The van der Waals surface area contributed by atoms with E-state index in [-0.39, 0.29) is 26.2 Å². The lowest BCUT2D eigenvalue weighted by Crippen LogP contribution is -2.37. The molecular formula is C58H104NO7P. The minimum Gasteiger partial charge on any atom is -0.756 e. The molecule has 2 atom stereocenters. The summed E-state index contributed by atoms with van der Waals surface area (Å²) in [6, 6.07) is 0. The van der Waals surface area contributed by atoms with Gasteiger partial charge in [-0.2, -0.15) is 0 Å². The summed E-state index contributed by atoms with van der Waals surface area (Å²) < 4.78 is 34.7. The molecule has 0 bridgehead atoms. The molecule has 2 unspecified atom stereocenters. The van der Waals surface area contributed by atoms with Gasteiger partial charge in [-0.3, -0.25) is 9.36 Å². The van der Waals surface area contributed by atoms with Crippen molar-refractivity contribution >= 4 is 13.8 Å². The summed E-state index contributed by atoms with van der Waals surface area (Å²) in [6.45, 7) is 5.20. The number of hydrogen-bond donors (Lipinski definition) is 0. The molecule has 9 heteroatoms. The second-order valence-electron chi connectivity index (χ2n) is 19.2. The number of likely N-dealkylation sites (N-methyl/N-ethyl adjacent to an activating group) is 1. The molecule has 0 saturated heterocycles. The molecule has 0 spiro atoms. The predicted octanol–water partition coefficient (Wildman–Crippen LogP) is 16.5. The van der Waals surface area contributed by atoms with Gasteiger partial charge in [0.05, 0.1) is 34.4 Å². The number of allylic oxidation sites excluding steroid dienone is 14. The minimum atomic E-state index is -4.56. The van der Waals surface area contributed by atoms with Gasteiger partial charge < -0.3 is 27.9 Å². The van der Waals surface area contributed by atoms with Crippen LogP contribution >= 0.6 is 7.82 Å². The summed E-state index contributed by atoms with van der Waals surface area (Å²) in [6.07, 6.45) is 67.9. The van der Waals surface area contributed by atoms with Crippen LogP contribution in [-0.2, 0) is 27.9 Å². The second-order valence-corrected chi connectivity index (χ2v) is 20.6. The van der Waals surface area contributed by atoms with Gasteiger partial charge in [-0.05, 0) is 77.0 Å². The number of carbonyl (C=O) groups excluding carboxylic acids is 1. The number of nitrogens with zero attached hydrogens (tertiary/aromatic N) is 1. The maximum absolute atomic E-state index is 12.7. The smallest absolute Gasteiger partial charge is 0.306 e. The summed E-state index contributed by atoms with van der Waals surface area (Å²) in [5.41, 5.74) is 0. The molecular weight excluding hydrogens is 854 g/mol. The molecule has 0 heterocycles. The van der Waals surface area contributed by atoms with E-state index in [0.717, 1.165) is 51.4 Å². The Bertz CT molecular complexity index is 1340. The summed E-state index contributed by atoms with van der Waals surface area (Å²) in [5.74, 6) is -0.415. The molecule has 0 aliphatic carbocycles. The molecule has 0 N–H and O–H groups in total. The highest BCUT2D eigenvalue weighted by molar-refractivity contribution is 7.45. The van der Waals surface area contributed by atoms with Gasteiger partial charge in [0.1, 0.15) is 19.3 Å². The zero-order valence-electron chi connectivity index (χ0n) is 44.1. The Balaban J connectivity index is 4.17. The lowest BCUT2D eigenvalue weighted by atomic mass is 10.0. The van der Waals surface area contributed by atoms with Crippen LogP contribution in [0.25, 0.3) is 0 Å². The fourth-order valence-corrected chi connectivity index (χ4v) is 8.00. The van der Waals surface area contributed by atoms with E-state index >= 15 is 0 Å². The molecule has 8 nitrogen and oxygen atoms in total. The SMILES string of the molecule is CC/C=C\C/C=C\C/C=C\C/C=C\C/C=C\C/C=C\CCC(=O)OC(COCCCCCCCCCCCCCCCC/C=C\CCCCCCCCCC)COP(=O)([O-])OCC[N+](C)(C)C. The van der Waals surface area contributed by atoms with Gasteiger partial charge in [-0.15, -0.1) is 0 Å². The van der Waals surface area contributed by atoms with Crippen LogP contribution in [0.15, 0.2) is 85.1 Å². The molecule has 0 aromatic rings. The van der Waals surface area contributed by atoms with Crippen molar-refractivity contribution in [1.29, 1.82) is 0 Å². The molecule has 0 aromatic carbocycles. The number of rotatable bonds is 50. The molecule has 388 valence electrons. The van der Waals surface area contributed by atoms with E-state index in [4.69, 9.17) is 18.5 Å². The van der Waals surface area contributed by atoms with Crippen molar-refractivity contribution < 1.29 is 37.3 Å². The molecule has 67 heavy (non-hydrogen) atoms. The second kappa shape index (κ2) is 50.1. The summed E-state index contributed by atoms with van der Waals surface area (Å²) in [4.78, 5) is 25.2. The fraction of sp³-hybridized carbons (Fsp3) is 0.741. The number of phosphoric ester groups is 1. The van der Waals surface area contributed by atoms with Gasteiger partial charge in [0, 0.05) is 13.0 Å². The predicted molar refractivity (Wildman–Crippen MR) is 286 cm³/mol. The zero-order chi connectivity index (χ0) is 49.0. The number of hydrogen-bond acceptors (Lipinski definition) is 7. The summed E-state index contributed by atoms with van der Waals surface area (Å²) >= 11 is 0. The molecule has 0 radical (unpaired) electrons. The molecule has 0 aromatic heterocycles. The Kier molecular flexibility index (Phi) is 48.3. The quantitative estimate of drug-likeness (QED) is 0.0197. The monoisotopic (exact) mass is 958 g/mol. The van der Waals surface area contributed by atoms with Crippen LogP contribution in [0.4, 0.5) is 0 Å². The van der Waals surface area contributed by atoms with E-state index in [2.05, 4.69) is 86.8 Å². The lowest BCUT2D eigenvalue weighted by Gasteiger charge is -2.28. The molecule has 0 fully saturated rings. The van der Waals surface area contributed by atoms with Crippen molar-refractivity contribution in [2.45, 2.75) is 225 Å². The number of ether oxygens (including phenoxy) is 2. The van der Waals surface area contributed by atoms with Crippen molar-refractivity contribution in [2.75, 3.05) is 54.1 Å². The van der Waals surface area contributed by atoms with Crippen LogP contribution in [-0.4, -0.2) is 70.7 Å². The van der Waals surface area contributed by atoms with Crippen LogP contribution in [0.1, 0.15) is 219 Å². The topological polar surface area (TPSA) is 94.1 Å². The van der Waals surface area contributed by atoms with Crippen molar-refractivity contribution in [3.8, 4) is 0 Å². The van der Waals surface area contributed by atoms with E-state index in [1.165, 1.54) is 141 Å². The maximum Gasteiger partial charge on any atom is 0.306 e. The van der Waals surface area contributed by atoms with Gasteiger partial charge in [0.15, 0.2) is 0 Å². The van der Waals surface area contributed by atoms with E-state index in [1.54, 1.807) is 0 Å². The number of quaternary nitrogens is 1. The zero-order valence-corrected chi connectivity index (χ0v) is 45.0.